The Hall–Kier alpha value is -1.64. The van der Waals surface area contributed by atoms with Crippen LogP contribution >= 0.6 is 0 Å². The summed E-state index contributed by atoms with van der Waals surface area (Å²) in [7, 11) is 0. The van der Waals surface area contributed by atoms with Crippen LogP contribution in [-0.4, -0.2) is 19.1 Å². The zero-order valence-electron chi connectivity index (χ0n) is 20.7. The van der Waals surface area contributed by atoms with Gasteiger partial charge in [-0.3, -0.25) is 4.79 Å². The Morgan fingerprint density at radius 3 is 2.10 bits per heavy atom. The van der Waals surface area contributed by atoms with E-state index in [0.29, 0.717) is 5.41 Å². The molecule has 0 radical (unpaired) electrons. The molecule has 0 aliphatic rings. The molecule has 0 aromatic heterocycles. The van der Waals surface area contributed by atoms with Crippen LogP contribution in [-0.2, 0) is 4.79 Å². The third kappa shape index (κ3) is 20.0. The second kappa shape index (κ2) is 20.3. The predicted octanol–water partition coefficient (Wildman–Crippen LogP) is 8.27. The van der Waals surface area contributed by atoms with Crippen LogP contribution in [0.3, 0.4) is 0 Å². The highest BCUT2D eigenvalue weighted by atomic mass is 19.1. The molecule has 2 nitrogen and oxygen atoms in total. The molecule has 1 atom stereocenters. The van der Waals surface area contributed by atoms with E-state index in [1.54, 1.807) is 0 Å². The third-order valence-electron chi connectivity index (χ3n) is 5.42. The van der Waals surface area contributed by atoms with Gasteiger partial charge in [0.25, 0.3) is 0 Å². The molecule has 0 fully saturated rings. The van der Waals surface area contributed by atoms with Gasteiger partial charge in [0.15, 0.2) is 0 Å². The molecule has 0 aromatic carbocycles. The van der Waals surface area contributed by atoms with Gasteiger partial charge in [0, 0.05) is 12.5 Å². The minimum absolute atomic E-state index is 0.0569. The molecule has 178 valence electrons. The monoisotopic (exact) mass is 433 g/mol. The molecule has 0 bridgehead atoms. The zero-order chi connectivity index (χ0) is 23.2. The highest BCUT2D eigenvalue weighted by Gasteiger charge is 2.12. The molecule has 0 saturated heterocycles. The summed E-state index contributed by atoms with van der Waals surface area (Å²) in [5, 5.41) is 2.59. The first-order chi connectivity index (χ1) is 14.9. The van der Waals surface area contributed by atoms with E-state index in [-0.39, 0.29) is 18.4 Å². The van der Waals surface area contributed by atoms with Crippen molar-refractivity contribution in [3.63, 3.8) is 0 Å². The van der Waals surface area contributed by atoms with Crippen molar-refractivity contribution in [1.82, 2.24) is 5.32 Å². The van der Waals surface area contributed by atoms with Crippen LogP contribution in [0.4, 0.5) is 4.39 Å². The zero-order valence-corrected chi connectivity index (χ0v) is 20.7. The van der Waals surface area contributed by atoms with Crippen molar-refractivity contribution in [3.05, 3.63) is 48.6 Å². The number of amides is 1. The Kier molecular flexibility index (Phi) is 19.2. The van der Waals surface area contributed by atoms with Gasteiger partial charge in [0.2, 0.25) is 5.91 Å². The summed E-state index contributed by atoms with van der Waals surface area (Å²) in [6.45, 7) is 8.44. The molecule has 31 heavy (non-hydrogen) atoms. The Morgan fingerprint density at radius 2 is 1.48 bits per heavy atom. The molecule has 0 aliphatic heterocycles. The number of rotatable bonds is 19. The first kappa shape index (κ1) is 29.4. The number of hydrogen-bond donors (Lipinski definition) is 1. The van der Waals surface area contributed by atoms with Crippen LogP contribution in [0.15, 0.2) is 48.6 Å². The first-order valence-corrected chi connectivity index (χ1v) is 12.4. The molecule has 1 amide bonds. The lowest BCUT2D eigenvalue weighted by molar-refractivity contribution is -0.124. The molecule has 0 rings (SSSR count). The maximum atomic E-state index is 12.0. The Morgan fingerprint density at radius 1 is 0.903 bits per heavy atom. The van der Waals surface area contributed by atoms with Gasteiger partial charge >= 0.3 is 0 Å². The second-order valence-electron chi connectivity index (χ2n) is 9.13. The molecular formula is C28H48FNO. The highest BCUT2D eigenvalue weighted by molar-refractivity contribution is 5.78. The van der Waals surface area contributed by atoms with E-state index in [0.717, 1.165) is 32.1 Å². The lowest BCUT2D eigenvalue weighted by Gasteiger charge is -2.19. The number of hydrogen-bond acceptors (Lipinski definition) is 1. The maximum Gasteiger partial charge on any atom is 0.222 e. The van der Waals surface area contributed by atoms with Crippen molar-refractivity contribution < 1.29 is 9.18 Å². The maximum absolute atomic E-state index is 12.0. The van der Waals surface area contributed by atoms with Crippen molar-refractivity contribution in [2.45, 2.75) is 98.3 Å². The molecule has 3 heteroatoms. The highest BCUT2D eigenvalue weighted by Crippen LogP contribution is 2.25. The number of halogens is 1. The summed E-state index contributed by atoms with van der Waals surface area (Å²) in [4.78, 5) is 11.6. The second-order valence-corrected chi connectivity index (χ2v) is 9.13. The number of carbonyl (C=O) groups excluding carboxylic acids is 1. The largest absolute Gasteiger partial charge is 0.353 e. The molecule has 0 saturated carbocycles. The van der Waals surface area contributed by atoms with Crippen LogP contribution in [0.1, 0.15) is 98.3 Å². The van der Waals surface area contributed by atoms with Gasteiger partial charge in [0.05, 0.1) is 0 Å². The molecule has 0 aromatic rings. The van der Waals surface area contributed by atoms with Crippen LogP contribution in [0, 0.1) is 11.3 Å². The Labute approximate surface area is 192 Å². The standard InChI is InChI=1S/C28H48FNO/c1-5-6-7-16-19-22-28(3,4)23-20-17-14-12-10-8-9-11-13-15-18-21-26(2)27(31)30-25-24-29/h8-9,12-15,20,23,26H,5-7,10-11,16-19,21-22,24-25H2,1-4H3,(H,30,31)/b9-8-,14-12-,15-13-,23-20-/t26-/m1/s1. The number of alkyl halides is 1. The summed E-state index contributed by atoms with van der Waals surface area (Å²) in [5.74, 6) is -0.124. The van der Waals surface area contributed by atoms with Gasteiger partial charge in [0.1, 0.15) is 6.67 Å². The third-order valence-corrected chi connectivity index (χ3v) is 5.42. The lowest BCUT2D eigenvalue weighted by atomic mass is 9.86. The van der Waals surface area contributed by atoms with Crippen LogP contribution in [0.2, 0.25) is 0 Å². The summed E-state index contributed by atoms with van der Waals surface area (Å²) < 4.78 is 12.0. The molecule has 0 heterocycles. The van der Waals surface area contributed by atoms with E-state index >= 15 is 0 Å². The normalized spacial score (nSPS) is 13.8. The summed E-state index contributed by atoms with van der Waals surface area (Å²) in [6, 6.07) is 0. The fourth-order valence-corrected chi connectivity index (χ4v) is 3.31. The summed E-state index contributed by atoms with van der Waals surface area (Å²) in [6.07, 6.45) is 30.4. The van der Waals surface area contributed by atoms with E-state index in [1.807, 2.05) is 6.92 Å². The Bertz CT molecular complexity index is 545. The van der Waals surface area contributed by atoms with Crippen molar-refractivity contribution in [1.29, 1.82) is 0 Å². The van der Waals surface area contributed by atoms with Crippen molar-refractivity contribution in [2.24, 2.45) is 11.3 Å². The Balaban J connectivity index is 3.79. The average Bonchev–Trinajstić information content (AvgIpc) is 2.74. The quantitative estimate of drug-likeness (QED) is 0.161. The molecule has 0 spiro atoms. The first-order valence-electron chi connectivity index (χ1n) is 12.4. The predicted molar refractivity (Wildman–Crippen MR) is 135 cm³/mol. The number of carbonyl (C=O) groups is 1. The van der Waals surface area contributed by atoms with Crippen LogP contribution in [0.5, 0.6) is 0 Å². The SMILES string of the molecule is CCCCCCCC(C)(C)/C=C\C/C=C\C/C=C\C/C=C\CC[C@@H](C)C(=O)NCCF. The fraction of sp³-hybridized carbons (Fsp3) is 0.679. The van der Waals surface area contributed by atoms with Crippen LogP contribution in [0.25, 0.3) is 0 Å². The fourth-order valence-electron chi connectivity index (χ4n) is 3.31. The van der Waals surface area contributed by atoms with Crippen LogP contribution < -0.4 is 5.32 Å². The summed E-state index contributed by atoms with van der Waals surface area (Å²) in [5.41, 5.74) is 0.308. The average molecular weight is 434 g/mol. The van der Waals surface area contributed by atoms with E-state index in [1.165, 1.54) is 38.5 Å². The van der Waals surface area contributed by atoms with Gasteiger partial charge in [-0.1, -0.05) is 108 Å². The van der Waals surface area contributed by atoms with Crippen molar-refractivity contribution >= 4 is 5.91 Å². The minimum Gasteiger partial charge on any atom is -0.353 e. The summed E-state index contributed by atoms with van der Waals surface area (Å²) >= 11 is 0. The van der Waals surface area contributed by atoms with Gasteiger partial charge in [-0.05, 0) is 43.9 Å². The van der Waals surface area contributed by atoms with E-state index in [9.17, 15) is 9.18 Å². The number of unbranched alkanes of at least 4 members (excludes halogenated alkanes) is 4. The lowest BCUT2D eigenvalue weighted by Crippen LogP contribution is -2.30. The van der Waals surface area contributed by atoms with E-state index < -0.39 is 6.67 Å². The smallest absolute Gasteiger partial charge is 0.222 e. The topological polar surface area (TPSA) is 29.1 Å². The number of allylic oxidation sites excluding steroid dienone is 8. The van der Waals surface area contributed by atoms with E-state index in [2.05, 4.69) is 74.7 Å². The number of nitrogens with one attached hydrogen (secondary N) is 1. The van der Waals surface area contributed by atoms with Gasteiger partial charge in [-0.15, -0.1) is 0 Å². The molecule has 1 N–H and O–H groups in total. The molecular weight excluding hydrogens is 385 g/mol. The van der Waals surface area contributed by atoms with Gasteiger partial charge < -0.3 is 5.32 Å². The van der Waals surface area contributed by atoms with Gasteiger partial charge in [-0.2, -0.15) is 0 Å². The van der Waals surface area contributed by atoms with Crippen molar-refractivity contribution in [3.8, 4) is 0 Å². The van der Waals surface area contributed by atoms with E-state index in [4.69, 9.17) is 0 Å². The van der Waals surface area contributed by atoms with Crippen molar-refractivity contribution in [2.75, 3.05) is 13.2 Å². The van der Waals surface area contributed by atoms with Gasteiger partial charge in [-0.25, -0.2) is 4.39 Å². The minimum atomic E-state index is -0.506. The molecule has 0 aliphatic carbocycles. The molecule has 0 unspecified atom stereocenters.